The van der Waals surface area contributed by atoms with Crippen molar-refractivity contribution in [1.29, 1.82) is 0 Å². The number of fused-ring (bicyclic) bond motifs is 1. The topological polar surface area (TPSA) is 115 Å². The molecule has 0 fully saturated rings. The second-order valence-corrected chi connectivity index (χ2v) is 6.96. The SMILES string of the molecule is COC(=O)N(C)Cc1ccc(-c2[nH]c3cc(F)cc(OC(C)=O)c3c2/C=C/[N+](=O)[O-])cc1. The fourth-order valence-electron chi connectivity index (χ4n) is 3.32. The first-order valence-electron chi connectivity index (χ1n) is 9.43. The van der Waals surface area contributed by atoms with Crippen LogP contribution in [0.5, 0.6) is 5.75 Å². The van der Waals surface area contributed by atoms with Crippen LogP contribution >= 0.6 is 0 Å². The highest BCUT2D eigenvalue weighted by Gasteiger charge is 2.19. The number of hydrogen-bond acceptors (Lipinski definition) is 6. The number of esters is 1. The van der Waals surface area contributed by atoms with E-state index < -0.39 is 22.8 Å². The summed E-state index contributed by atoms with van der Waals surface area (Å²) in [5.41, 5.74) is 2.64. The largest absolute Gasteiger partial charge is 0.453 e. The van der Waals surface area contributed by atoms with Gasteiger partial charge in [-0.1, -0.05) is 24.3 Å². The van der Waals surface area contributed by atoms with Crippen molar-refractivity contribution in [3.63, 3.8) is 0 Å². The summed E-state index contributed by atoms with van der Waals surface area (Å²) in [6, 6.07) is 9.36. The Kier molecular flexibility index (Phi) is 6.53. The molecule has 0 aliphatic heterocycles. The van der Waals surface area contributed by atoms with Crippen LogP contribution in [0.4, 0.5) is 9.18 Å². The van der Waals surface area contributed by atoms with Gasteiger partial charge in [0.05, 0.1) is 28.6 Å². The highest BCUT2D eigenvalue weighted by Crippen LogP contribution is 2.38. The normalized spacial score (nSPS) is 11.0. The zero-order valence-corrected chi connectivity index (χ0v) is 17.5. The Bertz CT molecular complexity index is 1220. The highest BCUT2D eigenvalue weighted by atomic mass is 19.1. The van der Waals surface area contributed by atoms with Gasteiger partial charge in [0.25, 0.3) is 0 Å². The van der Waals surface area contributed by atoms with Crippen LogP contribution in [0, 0.1) is 15.9 Å². The molecule has 0 atom stereocenters. The number of aromatic amines is 1. The molecular weight excluding hydrogens is 421 g/mol. The molecule has 0 aliphatic carbocycles. The van der Waals surface area contributed by atoms with E-state index in [1.807, 2.05) is 0 Å². The van der Waals surface area contributed by atoms with Crippen LogP contribution in [-0.2, 0) is 16.1 Å². The third-order valence-corrected chi connectivity index (χ3v) is 4.63. The molecule has 0 saturated heterocycles. The molecule has 9 nitrogen and oxygen atoms in total. The quantitative estimate of drug-likeness (QED) is 0.263. The minimum atomic E-state index is -0.650. The number of carbonyl (C=O) groups is 2. The zero-order chi connectivity index (χ0) is 23.4. The molecule has 3 rings (SSSR count). The summed E-state index contributed by atoms with van der Waals surface area (Å²) < 4.78 is 23.9. The van der Waals surface area contributed by atoms with Gasteiger partial charge in [0, 0.05) is 38.2 Å². The Morgan fingerprint density at radius 2 is 1.94 bits per heavy atom. The second kappa shape index (κ2) is 9.29. The molecule has 10 heteroatoms. The molecule has 1 amide bonds. The Morgan fingerprint density at radius 3 is 2.53 bits per heavy atom. The molecular formula is C22H20FN3O6. The number of ether oxygens (including phenoxy) is 2. The van der Waals surface area contributed by atoms with Crippen molar-refractivity contribution in [3.8, 4) is 17.0 Å². The number of H-pyrrole nitrogens is 1. The van der Waals surface area contributed by atoms with Crippen molar-refractivity contribution in [2.75, 3.05) is 14.2 Å². The van der Waals surface area contributed by atoms with Gasteiger partial charge in [-0.25, -0.2) is 9.18 Å². The Balaban J connectivity index is 2.11. The van der Waals surface area contributed by atoms with Gasteiger partial charge in [-0.2, -0.15) is 0 Å². The number of halogens is 1. The van der Waals surface area contributed by atoms with E-state index in [1.165, 1.54) is 31.1 Å². The van der Waals surface area contributed by atoms with Crippen molar-refractivity contribution in [2.45, 2.75) is 13.5 Å². The summed E-state index contributed by atoms with van der Waals surface area (Å²) in [7, 11) is 2.90. The molecule has 2 aromatic carbocycles. The monoisotopic (exact) mass is 441 g/mol. The van der Waals surface area contributed by atoms with E-state index in [1.54, 1.807) is 31.3 Å². The van der Waals surface area contributed by atoms with Crippen LogP contribution < -0.4 is 4.74 Å². The van der Waals surface area contributed by atoms with Gasteiger partial charge in [0.15, 0.2) is 0 Å². The average Bonchev–Trinajstić information content (AvgIpc) is 3.10. The molecule has 0 radical (unpaired) electrons. The Hall–Kier alpha value is -4.21. The van der Waals surface area contributed by atoms with E-state index >= 15 is 0 Å². The molecule has 32 heavy (non-hydrogen) atoms. The summed E-state index contributed by atoms with van der Waals surface area (Å²) in [6.45, 7) is 1.50. The van der Waals surface area contributed by atoms with Gasteiger partial charge in [-0.05, 0) is 17.2 Å². The third kappa shape index (κ3) is 4.91. The molecule has 0 saturated carbocycles. The molecule has 0 spiro atoms. The van der Waals surface area contributed by atoms with E-state index in [0.29, 0.717) is 34.3 Å². The summed E-state index contributed by atoms with van der Waals surface area (Å²) in [6.07, 6.45) is 1.54. The Morgan fingerprint density at radius 1 is 1.25 bits per heavy atom. The first-order chi connectivity index (χ1) is 15.2. The lowest BCUT2D eigenvalue weighted by Gasteiger charge is -2.15. The maximum absolute atomic E-state index is 14.1. The number of rotatable bonds is 6. The number of aromatic nitrogens is 1. The second-order valence-electron chi connectivity index (χ2n) is 6.96. The minimum absolute atomic E-state index is 0.0469. The number of hydrogen-bond donors (Lipinski definition) is 1. The maximum Gasteiger partial charge on any atom is 0.409 e. The van der Waals surface area contributed by atoms with E-state index in [2.05, 4.69) is 9.72 Å². The molecule has 3 aromatic rings. The van der Waals surface area contributed by atoms with Crippen molar-refractivity contribution >= 4 is 29.0 Å². The van der Waals surface area contributed by atoms with Crippen molar-refractivity contribution in [3.05, 3.63) is 69.7 Å². The first-order valence-corrected chi connectivity index (χ1v) is 9.43. The van der Waals surface area contributed by atoms with Crippen molar-refractivity contribution in [2.24, 2.45) is 0 Å². The van der Waals surface area contributed by atoms with E-state index in [0.717, 1.165) is 17.8 Å². The van der Waals surface area contributed by atoms with Crippen molar-refractivity contribution < 1.29 is 28.4 Å². The fourth-order valence-corrected chi connectivity index (χ4v) is 3.32. The molecule has 1 aromatic heterocycles. The molecule has 0 bridgehead atoms. The van der Waals surface area contributed by atoms with E-state index in [9.17, 15) is 24.1 Å². The standard InChI is InChI=1S/C22H20FN3O6/c1-13(27)32-19-11-16(23)10-18-20(19)17(8-9-26(29)30)21(24-18)15-6-4-14(5-7-15)12-25(2)22(28)31-3/h4-11,24H,12H2,1-3H3/b9-8+. The summed E-state index contributed by atoms with van der Waals surface area (Å²) in [4.78, 5) is 37.9. The highest BCUT2D eigenvalue weighted by molar-refractivity contribution is 6.01. The van der Waals surface area contributed by atoms with Gasteiger partial charge in [-0.3, -0.25) is 14.9 Å². The van der Waals surface area contributed by atoms with Gasteiger partial charge >= 0.3 is 12.1 Å². The molecule has 1 heterocycles. The van der Waals surface area contributed by atoms with Crippen LogP contribution in [0.3, 0.4) is 0 Å². The predicted octanol–water partition coefficient (Wildman–Crippen LogP) is 4.34. The van der Waals surface area contributed by atoms with Crippen LogP contribution in [0.15, 0.2) is 42.6 Å². The van der Waals surface area contributed by atoms with Crippen LogP contribution in [-0.4, -0.2) is 41.0 Å². The lowest BCUT2D eigenvalue weighted by molar-refractivity contribution is -0.400. The van der Waals surface area contributed by atoms with Crippen LogP contribution in [0.1, 0.15) is 18.1 Å². The maximum atomic E-state index is 14.1. The summed E-state index contributed by atoms with van der Waals surface area (Å²) in [5, 5.41) is 11.3. The molecule has 0 unspecified atom stereocenters. The zero-order valence-electron chi connectivity index (χ0n) is 17.5. The van der Waals surface area contributed by atoms with Crippen molar-refractivity contribution in [1.82, 2.24) is 9.88 Å². The smallest absolute Gasteiger partial charge is 0.409 e. The third-order valence-electron chi connectivity index (χ3n) is 4.63. The van der Waals surface area contributed by atoms with Gasteiger partial charge in [-0.15, -0.1) is 0 Å². The van der Waals surface area contributed by atoms with Gasteiger partial charge in [0.2, 0.25) is 6.20 Å². The average molecular weight is 441 g/mol. The predicted molar refractivity (Wildman–Crippen MR) is 115 cm³/mol. The number of carbonyl (C=O) groups excluding carboxylic acids is 2. The molecule has 0 aliphatic rings. The first kappa shape index (κ1) is 22.5. The van der Waals surface area contributed by atoms with Gasteiger partial charge in [0.1, 0.15) is 11.6 Å². The van der Waals surface area contributed by atoms with Crippen LogP contribution in [0.25, 0.3) is 28.2 Å². The number of nitrogens with zero attached hydrogens (tertiary/aromatic N) is 2. The van der Waals surface area contributed by atoms with E-state index in [-0.39, 0.29) is 5.75 Å². The summed E-state index contributed by atoms with van der Waals surface area (Å²) in [5.74, 6) is -1.33. The lowest BCUT2D eigenvalue weighted by Crippen LogP contribution is -2.25. The number of nitrogens with one attached hydrogen (secondary N) is 1. The number of benzene rings is 2. The van der Waals surface area contributed by atoms with Crippen LogP contribution in [0.2, 0.25) is 0 Å². The molecule has 166 valence electrons. The summed E-state index contributed by atoms with van der Waals surface area (Å²) >= 11 is 0. The minimum Gasteiger partial charge on any atom is -0.453 e. The van der Waals surface area contributed by atoms with Gasteiger partial charge < -0.3 is 19.4 Å². The number of methoxy groups -OCH3 is 1. The van der Waals surface area contributed by atoms with E-state index in [4.69, 9.17) is 4.74 Å². The fraction of sp³-hybridized carbons (Fsp3) is 0.182. The lowest BCUT2D eigenvalue weighted by atomic mass is 10.0. The molecule has 1 N–H and O–H groups in total. The number of amides is 1. The number of nitro groups is 1. The Labute approximate surface area is 182 Å².